The molecule has 0 fully saturated rings. The summed E-state index contributed by atoms with van der Waals surface area (Å²) < 4.78 is 4.52. The summed E-state index contributed by atoms with van der Waals surface area (Å²) in [5.74, 6) is 0.630. The van der Waals surface area contributed by atoms with Crippen LogP contribution in [0.4, 0.5) is 0 Å². The van der Waals surface area contributed by atoms with Gasteiger partial charge in [0.15, 0.2) is 5.82 Å². The molecule has 2 aromatic heterocycles. The second-order valence-electron chi connectivity index (χ2n) is 8.41. The zero-order valence-corrected chi connectivity index (χ0v) is 20.9. The first-order chi connectivity index (χ1) is 17.2. The standard InChI is InChI=1S/C27H25BrN6O/c1-2-3-8-21-18-34(25-12-7-6-11-24(25)28)27(35)33(21)17-19-13-15-20(16-14-19)22-9-4-5-10-23(22)26-29-31-32-30-26/h4-7,9-16,18H,2-3,8,17H2,1H3,(H,29,30,31,32). The van der Waals surface area contributed by atoms with E-state index in [-0.39, 0.29) is 5.69 Å². The van der Waals surface area contributed by atoms with E-state index in [4.69, 9.17) is 0 Å². The van der Waals surface area contributed by atoms with E-state index < -0.39 is 0 Å². The SMILES string of the molecule is CCCCc1cn(-c2ccccc2Br)c(=O)n1Cc1ccc(-c2ccccc2-c2nnn[nH]2)cc1. The number of hydrogen-bond donors (Lipinski definition) is 1. The van der Waals surface area contributed by atoms with Crippen molar-refractivity contribution < 1.29 is 0 Å². The molecule has 176 valence electrons. The van der Waals surface area contributed by atoms with Crippen molar-refractivity contribution in [3.05, 3.63) is 105 Å². The Kier molecular flexibility index (Phi) is 6.72. The van der Waals surface area contributed by atoms with Crippen LogP contribution in [-0.2, 0) is 13.0 Å². The molecule has 1 N–H and O–H groups in total. The fraction of sp³-hybridized carbons (Fsp3) is 0.185. The lowest BCUT2D eigenvalue weighted by molar-refractivity contribution is 0.674. The number of rotatable bonds is 8. The van der Waals surface area contributed by atoms with E-state index in [1.807, 2.05) is 53.2 Å². The van der Waals surface area contributed by atoms with Gasteiger partial charge in [-0.2, -0.15) is 0 Å². The van der Waals surface area contributed by atoms with E-state index in [9.17, 15) is 4.79 Å². The van der Waals surface area contributed by atoms with Crippen LogP contribution in [0, 0.1) is 0 Å². The summed E-state index contributed by atoms with van der Waals surface area (Å²) in [6.07, 6.45) is 4.95. The van der Waals surface area contributed by atoms with Gasteiger partial charge in [0, 0.05) is 21.9 Å². The third-order valence-corrected chi connectivity index (χ3v) is 6.76. The van der Waals surface area contributed by atoms with Crippen LogP contribution in [0.3, 0.4) is 0 Å². The molecular weight excluding hydrogens is 504 g/mol. The van der Waals surface area contributed by atoms with Gasteiger partial charge in [-0.05, 0) is 68.0 Å². The van der Waals surface area contributed by atoms with Gasteiger partial charge in [-0.1, -0.05) is 74.0 Å². The van der Waals surface area contributed by atoms with Crippen molar-refractivity contribution in [1.29, 1.82) is 0 Å². The van der Waals surface area contributed by atoms with Crippen LogP contribution in [0.2, 0.25) is 0 Å². The molecule has 0 aliphatic carbocycles. The molecule has 3 aromatic carbocycles. The number of nitrogens with zero attached hydrogens (tertiary/aromatic N) is 5. The Hall–Kier alpha value is -3.78. The Bertz CT molecular complexity index is 1490. The summed E-state index contributed by atoms with van der Waals surface area (Å²) in [5.41, 5.74) is 5.97. The highest BCUT2D eigenvalue weighted by Crippen LogP contribution is 2.30. The van der Waals surface area contributed by atoms with E-state index in [1.54, 1.807) is 4.57 Å². The minimum atomic E-state index is -0.0322. The lowest BCUT2D eigenvalue weighted by Gasteiger charge is -2.10. The number of hydrogen-bond acceptors (Lipinski definition) is 4. The first-order valence-electron chi connectivity index (χ1n) is 11.6. The molecule has 8 heteroatoms. The zero-order chi connectivity index (χ0) is 24.2. The van der Waals surface area contributed by atoms with E-state index >= 15 is 0 Å². The number of para-hydroxylation sites is 1. The lowest BCUT2D eigenvalue weighted by atomic mass is 9.98. The summed E-state index contributed by atoms with van der Waals surface area (Å²) in [6.45, 7) is 2.68. The summed E-state index contributed by atoms with van der Waals surface area (Å²) in [4.78, 5) is 13.5. The molecule has 5 aromatic rings. The number of nitrogens with one attached hydrogen (secondary N) is 1. The van der Waals surface area contributed by atoms with Gasteiger partial charge in [0.2, 0.25) is 0 Å². The van der Waals surface area contributed by atoms with Crippen LogP contribution in [-0.4, -0.2) is 29.8 Å². The van der Waals surface area contributed by atoms with E-state index in [0.29, 0.717) is 12.4 Å². The molecular formula is C27H25BrN6O. The molecule has 7 nitrogen and oxygen atoms in total. The zero-order valence-electron chi connectivity index (χ0n) is 19.4. The van der Waals surface area contributed by atoms with Crippen molar-refractivity contribution in [1.82, 2.24) is 29.8 Å². The molecule has 2 heterocycles. The van der Waals surface area contributed by atoms with Gasteiger partial charge in [-0.25, -0.2) is 9.89 Å². The average Bonchev–Trinajstić information content (AvgIpc) is 3.53. The fourth-order valence-electron chi connectivity index (χ4n) is 4.26. The van der Waals surface area contributed by atoms with Crippen LogP contribution in [0.1, 0.15) is 31.0 Å². The maximum atomic E-state index is 13.5. The number of halogens is 1. The van der Waals surface area contributed by atoms with Crippen molar-refractivity contribution in [2.45, 2.75) is 32.7 Å². The molecule has 0 aliphatic heterocycles. The van der Waals surface area contributed by atoms with Crippen molar-refractivity contribution in [2.75, 3.05) is 0 Å². The summed E-state index contributed by atoms with van der Waals surface area (Å²) in [7, 11) is 0. The molecule has 0 aliphatic rings. The quantitative estimate of drug-likeness (QED) is 0.282. The van der Waals surface area contributed by atoms with Crippen molar-refractivity contribution in [2.24, 2.45) is 0 Å². The van der Waals surface area contributed by atoms with E-state index in [0.717, 1.165) is 57.4 Å². The Morgan fingerprint density at radius 3 is 2.40 bits per heavy atom. The highest BCUT2D eigenvalue weighted by molar-refractivity contribution is 9.10. The predicted octanol–water partition coefficient (Wildman–Crippen LogP) is 5.64. The maximum Gasteiger partial charge on any atom is 0.333 e. The minimum absolute atomic E-state index is 0.0322. The predicted molar refractivity (Wildman–Crippen MR) is 140 cm³/mol. The van der Waals surface area contributed by atoms with Gasteiger partial charge < -0.3 is 0 Å². The Labute approximate surface area is 211 Å². The Morgan fingerprint density at radius 1 is 0.943 bits per heavy atom. The number of imidazole rings is 1. The second-order valence-corrected chi connectivity index (χ2v) is 9.26. The van der Waals surface area contributed by atoms with E-state index in [2.05, 4.69) is 73.8 Å². The van der Waals surface area contributed by atoms with Gasteiger partial charge in [0.05, 0.1) is 12.2 Å². The van der Waals surface area contributed by atoms with Crippen LogP contribution in [0.5, 0.6) is 0 Å². The monoisotopic (exact) mass is 528 g/mol. The van der Waals surface area contributed by atoms with Gasteiger partial charge in [-0.3, -0.25) is 9.13 Å². The summed E-state index contributed by atoms with van der Waals surface area (Å²) in [6, 6.07) is 24.1. The van der Waals surface area contributed by atoms with Crippen LogP contribution in [0.25, 0.3) is 28.2 Å². The highest BCUT2D eigenvalue weighted by atomic mass is 79.9. The minimum Gasteiger partial charge on any atom is -0.292 e. The summed E-state index contributed by atoms with van der Waals surface area (Å²) in [5, 5.41) is 14.3. The molecule has 0 atom stereocenters. The third-order valence-electron chi connectivity index (χ3n) is 6.09. The molecule has 5 rings (SSSR count). The van der Waals surface area contributed by atoms with Crippen molar-refractivity contribution in [3.8, 4) is 28.2 Å². The number of aromatic nitrogens is 6. The van der Waals surface area contributed by atoms with Gasteiger partial charge in [0.25, 0.3) is 0 Å². The molecule has 0 saturated heterocycles. The normalized spacial score (nSPS) is 11.1. The first-order valence-corrected chi connectivity index (χ1v) is 12.4. The fourth-order valence-corrected chi connectivity index (χ4v) is 4.74. The van der Waals surface area contributed by atoms with Gasteiger partial charge in [0.1, 0.15) is 0 Å². The van der Waals surface area contributed by atoms with Crippen LogP contribution < -0.4 is 5.69 Å². The van der Waals surface area contributed by atoms with E-state index in [1.165, 1.54) is 0 Å². The smallest absolute Gasteiger partial charge is 0.292 e. The van der Waals surface area contributed by atoms with Gasteiger partial charge >= 0.3 is 5.69 Å². The van der Waals surface area contributed by atoms with Gasteiger partial charge in [-0.15, -0.1) is 5.10 Å². The van der Waals surface area contributed by atoms with Crippen molar-refractivity contribution in [3.63, 3.8) is 0 Å². The number of aryl methyl sites for hydroxylation is 1. The molecule has 0 saturated carbocycles. The topological polar surface area (TPSA) is 81.4 Å². The Balaban J connectivity index is 1.47. The largest absolute Gasteiger partial charge is 0.333 e. The maximum absolute atomic E-state index is 13.5. The molecule has 0 unspecified atom stereocenters. The second kappa shape index (κ2) is 10.2. The molecule has 0 amide bonds. The third kappa shape index (κ3) is 4.74. The number of unbranched alkanes of at least 4 members (excludes halogenated alkanes) is 1. The lowest BCUT2D eigenvalue weighted by Crippen LogP contribution is -2.25. The van der Waals surface area contributed by atoms with Crippen LogP contribution >= 0.6 is 15.9 Å². The van der Waals surface area contributed by atoms with Crippen LogP contribution in [0.15, 0.2) is 88.3 Å². The number of H-pyrrole nitrogens is 1. The molecule has 0 radical (unpaired) electrons. The molecule has 0 spiro atoms. The average molecular weight is 529 g/mol. The summed E-state index contributed by atoms with van der Waals surface area (Å²) >= 11 is 3.59. The number of benzene rings is 3. The number of tetrazole rings is 1. The van der Waals surface area contributed by atoms with Crippen molar-refractivity contribution >= 4 is 15.9 Å². The highest BCUT2D eigenvalue weighted by Gasteiger charge is 2.15. The molecule has 35 heavy (non-hydrogen) atoms. The first kappa shape index (κ1) is 23.0. The molecule has 0 bridgehead atoms. The Morgan fingerprint density at radius 2 is 1.69 bits per heavy atom. The number of aromatic amines is 1.